The Labute approximate surface area is 150 Å². The van der Waals surface area contributed by atoms with E-state index < -0.39 is 42.4 Å². The van der Waals surface area contributed by atoms with Gasteiger partial charge >= 0.3 is 12.1 Å². The van der Waals surface area contributed by atoms with Crippen molar-refractivity contribution in [1.29, 1.82) is 0 Å². The number of carboxylic acids is 1. The van der Waals surface area contributed by atoms with Crippen molar-refractivity contribution in [3.8, 4) is 0 Å². The predicted molar refractivity (Wildman–Crippen MR) is 81.9 cm³/mol. The summed E-state index contributed by atoms with van der Waals surface area (Å²) in [5.41, 5.74) is 0.354. The van der Waals surface area contributed by atoms with Crippen molar-refractivity contribution in [1.82, 2.24) is 25.5 Å². The number of carboxylic acid groups (broad SMARTS) is 1. The molecule has 0 saturated heterocycles. The van der Waals surface area contributed by atoms with Gasteiger partial charge in [-0.15, -0.1) is 5.10 Å². The highest BCUT2D eigenvalue weighted by Gasteiger charge is 2.37. The lowest BCUT2D eigenvalue weighted by atomic mass is 10.0. The van der Waals surface area contributed by atoms with Crippen LogP contribution in [0.4, 0.5) is 17.6 Å². The minimum absolute atomic E-state index is 0.159. The van der Waals surface area contributed by atoms with E-state index in [0.29, 0.717) is 5.56 Å². The summed E-state index contributed by atoms with van der Waals surface area (Å²) in [5.74, 6) is -3.26. The maximum atomic E-state index is 13.4. The van der Waals surface area contributed by atoms with E-state index in [1.165, 1.54) is 25.1 Å². The third kappa shape index (κ3) is 5.72. The van der Waals surface area contributed by atoms with Crippen LogP contribution in [0.3, 0.4) is 0 Å². The van der Waals surface area contributed by atoms with Gasteiger partial charge in [-0.05, 0) is 35.0 Å². The lowest BCUT2D eigenvalue weighted by Crippen LogP contribution is -2.47. The average molecular weight is 389 g/mol. The summed E-state index contributed by atoms with van der Waals surface area (Å²) >= 11 is 0. The molecule has 2 unspecified atom stereocenters. The predicted octanol–water partition coefficient (Wildman–Crippen LogP) is 1.43. The molecule has 0 aliphatic carbocycles. The second kappa shape index (κ2) is 8.10. The molecule has 2 N–H and O–H groups in total. The fourth-order valence-electron chi connectivity index (χ4n) is 2.40. The van der Waals surface area contributed by atoms with Crippen molar-refractivity contribution in [2.75, 3.05) is 0 Å². The van der Waals surface area contributed by atoms with E-state index in [0.717, 1.165) is 10.7 Å². The van der Waals surface area contributed by atoms with Gasteiger partial charge in [0.1, 0.15) is 23.7 Å². The van der Waals surface area contributed by atoms with Crippen LogP contribution in [-0.2, 0) is 16.0 Å². The maximum Gasteiger partial charge on any atom is 0.391 e. The number of halogens is 4. The summed E-state index contributed by atoms with van der Waals surface area (Å²) < 4.78 is 52.1. The van der Waals surface area contributed by atoms with Crippen LogP contribution in [0.2, 0.25) is 0 Å². The lowest BCUT2D eigenvalue weighted by molar-refractivity contribution is -0.160. The fraction of sp³-hybridized carbons (Fsp3) is 0.400. The number of amides is 1. The van der Waals surface area contributed by atoms with E-state index in [1.807, 2.05) is 5.32 Å². The molecule has 0 saturated carbocycles. The van der Waals surface area contributed by atoms with Gasteiger partial charge in [-0.1, -0.05) is 12.1 Å². The number of rotatable bonds is 7. The van der Waals surface area contributed by atoms with E-state index in [2.05, 4.69) is 15.5 Å². The van der Waals surface area contributed by atoms with Gasteiger partial charge in [0, 0.05) is 6.42 Å². The number of benzene rings is 1. The van der Waals surface area contributed by atoms with Crippen LogP contribution >= 0.6 is 0 Å². The fourth-order valence-corrected chi connectivity index (χ4v) is 2.40. The van der Waals surface area contributed by atoms with Gasteiger partial charge in [0.25, 0.3) is 0 Å². The van der Waals surface area contributed by atoms with Crippen LogP contribution in [-0.4, -0.2) is 49.4 Å². The van der Waals surface area contributed by atoms with Gasteiger partial charge in [-0.25, -0.2) is 13.9 Å². The summed E-state index contributed by atoms with van der Waals surface area (Å²) in [6, 6.07) is 1.79. The Hall–Kier alpha value is -3.05. The van der Waals surface area contributed by atoms with Crippen molar-refractivity contribution >= 4 is 11.9 Å². The molecule has 0 aliphatic rings. The maximum absolute atomic E-state index is 13.4. The average Bonchev–Trinajstić information content (AvgIpc) is 2.96. The van der Waals surface area contributed by atoms with Crippen LogP contribution in [0.5, 0.6) is 0 Å². The van der Waals surface area contributed by atoms with E-state index in [-0.39, 0.29) is 12.2 Å². The molecule has 146 valence electrons. The molecular weight excluding hydrogens is 374 g/mol. The van der Waals surface area contributed by atoms with Crippen molar-refractivity contribution < 1.29 is 32.3 Å². The number of hydrogen-bond donors (Lipinski definition) is 2. The molecular formula is C15H15F4N5O3. The number of alkyl halides is 3. The number of carbonyl (C=O) groups excluding carboxylic acids is 1. The Morgan fingerprint density at radius 1 is 1.33 bits per heavy atom. The Balaban J connectivity index is 2.28. The smallest absolute Gasteiger partial charge is 0.391 e. The van der Waals surface area contributed by atoms with Crippen LogP contribution < -0.4 is 5.32 Å². The minimum Gasteiger partial charge on any atom is -0.480 e. The summed E-state index contributed by atoms with van der Waals surface area (Å²) in [4.78, 5) is 23.6. The lowest BCUT2D eigenvalue weighted by Gasteiger charge is -2.21. The van der Waals surface area contributed by atoms with Crippen LogP contribution in [0.1, 0.15) is 23.9 Å². The third-order valence-corrected chi connectivity index (χ3v) is 3.62. The molecule has 0 radical (unpaired) electrons. The van der Waals surface area contributed by atoms with Crippen molar-refractivity contribution in [3.05, 3.63) is 41.5 Å². The van der Waals surface area contributed by atoms with Gasteiger partial charge in [0.15, 0.2) is 0 Å². The van der Waals surface area contributed by atoms with Crippen LogP contribution in [0.25, 0.3) is 0 Å². The first kappa shape index (κ1) is 20.3. The Kier molecular flexibility index (Phi) is 6.08. The second-order valence-corrected chi connectivity index (χ2v) is 5.74. The number of hydrogen-bond acceptors (Lipinski definition) is 5. The number of nitrogens with zero attached hydrogens (tertiary/aromatic N) is 4. The number of tetrazole rings is 1. The molecule has 12 heteroatoms. The molecule has 8 nitrogen and oxygen atoms in total. The molecule has 27 heavy (non-hydrogen) atoms. The first-order chi connectivity index (χ1) is 12.6. The summed E-state index contributed by atoms with van der Waals surface area (Å²) in [6.07, 6.45) is -6.69. The molecule has 0 fully saturated rings. The molecule has 0 spiro atoms. The van der Waals surface area contributed by atoms with Gasteiger partial charge in [-0.2, -0.15) is 13.2 Å². The molecule has 1 aromatic carbocycles. The van der Waals surface area contributed by atoms with E-state index >= 15 is 0 Å². The number of aryl methyl sites for hydroxylation is 1. The first-order valence-electron chi connectivity index (χ1n) is 7.65. The van der Waals surface area contributed by atoms with Gasteiger partial charge in [0.2, 0.25) is 5.91 Å². The van der Waals surface area contributed by atoms with Gasteiger partial charge < -0.3 is 10.4 Å². The molecule has 2 rings (SSSR count). The van der Waals surface area contributed by atoms with E-state index in [9.17, 15) is 27.2 Å². The summed E-state index contributed by atoms with van der Waals surface area (Å²) in [6.45, 7) is 1.45. The highest BCUT2D eigenvalue weighted by molar-refractivity contribution is 5.86. The topological polar surface area (TPSA) is 110 Å². The quantitative estimate of drug-likeness (QED) is 0.694. The molecule has 2 aromatic rings. The summed E-state index contributed by atoms with van der Waals surface area (Å²) in [5, 5.41) is 21.4. The Bertz CT molecular complexity index is 824. The van der Waals surface area contributed by atoms with Gasteiger partial charge in [-0.3, -0.25) is 4.79 Å². The zero-order valence-corrected chi connectivity index (χ0v) is 13.9. The highest BCUT2D eigenvalue weighted by Crippen LogP contribution is 2.23. The zero-order chi connectivity index (χ0) is 20.2. The van der Waals surface area contributed by atoms with Crippen LogP contribution in [0, 0.1) is 12.7 Å². The van der Waals surface area contributed by atoms with Crippen molar-refractivity contribution in [2.45, 2.75) is 38.0 Å². The second-order valence-electron chi connectivity index (χ2n) is 5.74. The zero-order valence-electron chi connectivity index (χ0n) is 13.9. The Morgan fingerprint density at radius 3 is 2.56 bits per heavy atom. The van der Waals surface area contributed by atoms with Crippen molar-refractivity contribution in [3.63, 3.8) is 0 Å². The number of aromatic nitrogens is 4. The molecule has 0 aliphatic heterocycles. The molecule has 1 aromatic heterocycles. The van der Waals surface area contributed by atoms with E-state index in [4.69, 9.17) is 5.11 Å². The molecule has 0 bridgehead atoms. The molecule has 2 atom stereocenters. The minimum atomic E-state index is -4.79. The number of nitrogens with one attached hydrogen (secondary N) is 1. The Morgan fingerprint density at radius 2 is 2.04 bits per heavy atom. The standard InChI is InChI=1S/C15H15F4N5O3/c1-8-21-22-23-24(8)12(6-9-3-2-4-10(16)5-9)13(25)20-11(14(26)27)7-15(17,18)19/h2-5,11-12H,6-7H2,1H3,(H,20,25)(H,26,27). The van der Waals surface area contributed by atoms with E-state index in [1.54, 1.807) is 0 Å². The monoisotopic (exact) mass is 389 g/mol. The molecule has 1 heterocycles. The van der Waals surface area contributed by atoms with Crippen molar-refractivity contribution in [2.24, 2.45) is 0 Å². The summed E-state index contributed by atoms with van der Waals surface area (Å²) in [7, 11) is 0. The molecule has 1 amide bonds. The number of carbonyl (C=O) groups is 2. The van der Waals surface area contributed by atoms with Gasteiger partial charge in [0.05, 0.1) is 6.42 Å². The largest absolute Gasteiger partial charge is 0.480 e. The normalized spacial score (nSPS) is 13.8. The third-order valence-electron chi connectivity index (χ3n) is 3.62. The highest BCUT2D eigenvalue weighted by atomic mass is 19.4. The van der Waals surface area contributed by atoms with Crippen LogP contribution in [0.15, 0.2) is 24.3 Å². The number of aliphatic carboxylic acids is 1. The SMILES string of the molecule is Cc1nnnn1C(Cc1cccc(F)c1)C(=O)NC(CC(F)(F)F)C(=O)O. The first-order valence-corrected chi connectivity index (χ1v) is 7.65.